The van der Waals surface area contributed by atoms with Crippen molar-refractivity contribution >= 4 is 28.3 Å². The molecule has 5 heteroatoms. The predicted octanol–water partition coefficient (Wildman–Crippen LogP) is 3.74. The van der Waals surface area contributed by atoms with Crippen molar-refractivity contribution in [1.29, 1.82) is 0 Å². The molecule has 3 aromatic rings. The van der Waals surface area contributed by atoms with Gasteiger partial charge in [0.2, 0.25) is 5.95 Å². The molecular weight excluding hydrogens is 261 g/mol. The van der Waals surface area contributed by atoms with Crippen molar-refractivity contribution in [2.24, 2.45) is 0 Å². The maximum absolute atomic E-state index is 13.6. The van der Waals surface area contributed by atoms with Crippen LogP contribution in [-0.4, -0.2) is 9.55 Å². The molecule has 0 spiro atoms. The van der Waals surface area contributed by atoms with E-state index in [-0.39, 0.29) is 11.9 Å². The third kappa shape index (κ3) is 1.90. The number of thiophene rings is 1. The average Bonchev–Trinajstić information content (AvgIpc) is 2.97. The number of aryl methyl sites for hydroxylation is 1. The van der Waals surface area contributed by atoms with E-state index in [4.69, 9.17) is 5.73 Å². The summed E-state index contributed by atoms with van der Waals surface area (Å²) >= 11 is 1.68. The minimum absolute atomic E-state index is 0.0925. The van der Waals surface area contributed by atoms with E-state index in [2.05, 4.69) is 18.0 Å². The Labute approximate surface area is 114 Å². The fraction of sp³-hybridized carbons (Fsp3) is 0.214. The van der Waals surface area contributed by atoms with Crippen molar-refractivity contribution < 1.29 is 4.39 Å². The molecule has 3 rings (SSSR count). The number of hydrogen-bond acceptors (Lipinski definition) is 3. The van der Waals surface area contributed by atoms with Gasteiger partial charge in [0.25, 0.3) is 0 Å². The molecule has 2 heterocycles. The van der Waals surface area contributed by atoms with Crippen LogP contribution in [0.3, 0.4) is 0 Å². The Morgan fingerprint density at radius 3 is 2.89 bits per heavy atom. The summed E-state index contributed by atoms with van der Waals surface area (Å²) in [7, 11) is 0. The molecule has 19 heavy (non-hydrogen) atoms. The molecule has 0 radical (unpaired) electrons. The number of halogens is 1. The summed E-state index contributed by atoms with van der Waals surface area (Å²) in [6.07, 6.45) is 0. The Morgan fingerprint density at radius 2 is 2.21 bits per heavy atom. The summed E-state index contributed by atoms with van der Waals surface area (Å²) in [5, 5.41) is 2.03. The van der Waals surface area contributed by atoms with Gasteiger partial charge in [0.05, 0.1) is 17.1 Å². The molecule has 0 saturated carbocycles. The quantitative estimate of drug-likeness (QED) is 0.774. The fourth-order valence-corrected chi connectivity index (χ4v) is 3.08. The Kier molecular flexibility index (Phi) is 2.78. The number of benzene rings is 1. The monoisotopic (exact) mass is 275 g/mol. The normalized spacial score (nSPS) is 13.0. The van der Waals surface area contributed by atoms with Crippen molar-refractivity contribution in [3.63, 3.8) is 0 Å². The largest absolute Gasteiger partial charge is 0.369 e. The number of nitrogens with zero attached hydrogens (tertiary/aromatic N) is 2. The standard InChI is InChI=1S/C14H14FN3S/c1-8-6-12-11(7-10(8)15)17-14(16)18(12)9(2)13-4-3-5-19-13/h3-7,9H,1-2H3,(H2,16,17). The van der Waals surface area contributed by atoms with Crippen LogP contribution in [0.25, 0.3) is 11.0 Å². The van der Waals surface area contributed by atoms with Crippen LogP contribution >= 0.6 is 11.3 Å². The zero-order valence-electron chi connectivity index (χ0n) is 10.7. The molecule has 0 amide bonds. The Bertz CT molecular complexity index is 731. The number of nitrogen functional groups attached to an aromatic ring is 1. The SMILES string of the molecule is Cc1cc2c(cc1F)nc(N)n2C(C)c1cccs1. The Morgan fingerprint density at radius 1 is 1.42 bits per heavy atom. The van der Waals surface area contributed by atoms with E-state index in [1.807, 2.05) is 16.0 Å². The van der Waals surface area contributed by atoms with Crippen LogP contribution in [0.5, 0.6) is 0 Å². The second-order valence-corrected chi connectivity index (χ2v) is 5.60. The van der Waals surface area contributed by atoms with E-state index in [1.54, 1.807) is 24.3 Å². The number of fused-ring (bicyclic) bond motifs is 1. The van der Waals surface area contributed by atoms with Gasteiger partial charge in [-0.05, 0) is 36.9 Å². The molecule has 1 unspecified atom stereocenters. The summed E-state index contributed by atoms with van der Waals surface area (Å²) in [6, 6.07) is 7.42. The number of anilines is 1. The molecule has 0 fully saturated rings. The van der Waals surface area contributed by atoms with Gasteiger partial charge in [0, 0.05) is 10.9 Å². The first-order valence-electron chi connectivity index (χ1n) is 6.05. The second-order valence-electron chi connectivity index (χ2n) is 4.62. The van der Waals surface area contributed by atoms with Crippen molar-refractivity contribution in [2.45, 2.75) is 19.9 Å². The maximum atomic E-state index is 13.6. The van der Waals surface area contributed by atoms with E-state index >= 15 is 0 Å². The first-order valence-corrected chi connectivity index (χ1v) is 6.93. The van der Waals surface area contributed by atoms with Gasteiger partial charge < -0.3 is 10.3 Å². The topological polar surface area (TPSA) is 43.8 Å². The van der Waals surface area contributed by atoms with Gasteiger partial charge in [-0.2, -0.15) is 0 Å². The van der Waals surface area contributed by atoms with Gasteiger partial charge in [-0.3, -0.25) is 0 Å². The molecule has 98 valence electrons. The predicted molar refractivity (Wildman–Crippen MR) is 77.0 cm³/mol. The zero-order valence-corrected chi connectivity index (χ0v) is 11.5. The lowest BCUT2D eigenvalue weighted by Gasteiger charge is -2.14. The lowest BCUT2D eigenvalue weighted by atomic mass is 10.2. The van der Waals surface area contributed by atoms with Crippen molar-refractivity contribution in [3.8, 4) is 0 Å². The zero-order chi connectivity index (χ0) is 13.6. The molecule has 1 atom stereocenters. The van der Waals surface area contributed by atoms with Gasteiger partial charge in [-0.15, -0.1) is 11.3 Å². The first-order chi connectivity index (χ1) is 9.08. The minimum Gasteiger partial charge on any atom is -0.369 e. The molecular formula is C14H14FN3S. The number of nitrogens with two attached hydrogens (primary N) is 1. The van der Waals surface area contributed by atoms with E-state index < -0.39 is 0 Å². The molecule has 0 saturated heterocycles. The van der Waals surface area contributed by atoms with Crippen LogP contribution in [0.2, 0.25) is 0 Å². The molecule has 2 N–H and O–H groups in total. The lowest BCUT2D eigenvalue weighted by Crippen LogP contribution is -2.09. The van der Waals surface area contributed by atoms with Crippen LogP contribution < -0.4 is 5.73 Å². The summed E-state index contributed by atoms with van der Waals surface area (Å²) in [5.41, 5.74) is 8.07. The second kappa shape index (κ2) is 4.35. The van der Waals surface area contributed by atoms with E-state index in [1.165, 1.54) is 10.9 Å². The summed E-state index contributed by atoms with van der Waals surface area (Å²) in [6.45, 7) is 3.82. The maximum Gasteiger partial charge on any atom is 0.201 e. The van der Waals surface area contributed by atoms with Crippen LogP contribution in [0.15, 0.2) is 29.6 Å². The van der Waals surface area contributed by atoms with Crippen molar-refractivity contribution in [2.75, 3.05) is 5.73 Å². The molecule has 3 nitrogen and oxygen atoms in total. The molecule has 2 aromatic heterocycles. The lowest BCUT2D eigenvalue weighted by molar-refractivity contribution is 0.619. The molecule has 0 aliphatic heterocycles. The number of rotatable bonds is 2. The highest BCUT2D eigenvalue weighted by atomic mass is 32.1. The first kappa shape index (κ1) is 12.2. The number of hydrogen-bond donors (Lipinski definition) is 1. The van der Waals surface area contributed by atoms with E-state index in [0.29, 0.717) is 17.0 Å². The van der Waals surface area contributed by atoms with Gasteiger partial charge >= 0.3 is 0 Å². The van der Waals surface area contributed by atoms with Gasteiger partial charge in [0.1, 0.15) is 5.82 Å². The molecule has 1 aromatic carbocycles. The third-order valence-corrected chi connectivity index (χ3v) is 4.38. The molecule has 0 aliphatic carbocycles. The van der Waals surface area contributed by atoms with Gasteiger partial charge in [0.15, 0.2) is 0 Å². The molecule has 0 aliphatic rings. The Balaban J connectivity index is 2.23. The van der Waals surface area contributed by atoms with Crippen molar-refractivity contribution in [3.05, 3.63) is 45.9 Å². The number of aromatic nitrogens is 2. The Hall–Kier alpha value is -1.88. The van der Waals surface area contributed by atoms with E-state index in [9.17, 15) is 4.39 Å². The third-order valence-electron chi connectivity index (χ3n) is 3.34. The fourth-order valence-electron chi connectivity index (χ4n) is 2.30. The summed E-state index contributed by atoms with van der Waals surface area (Å²) in [5.74, 6) is 0.168. The van der Waals surface area contributed by atoms with Crippen LogP contribution in [0.4, 0.5) is 10.3 Å². The van der Waals surface area contributed by atoms with Crippen LogP contribution in [0, 0.1) is 12.7 Å². The van der Waals surface area contributed by atoms with Gasteiger partial charge in [-0.25, -0.2) is 9.37 Å². The number of imidazole rings is 1. The van der Waals surface area contributed by atoms with Gasteiger partial charge in [-0.1, -0.05) is 6.07 Å². The summed E-state index contributed by atoms with van der Waals surface area (Å²) < 4.78 is 15.5. The summed E-state index contributed by atoms with van der Waals surface area (Å²) in [4.78, 5) is 5.45. The van der Waals surface area contributed by atoms with Crippen molar-refractivity contribution in [1.82, 2.24) is 9.55 Å². The average molecular weight is 275 g/mol. The molecule has 0 bridgehead atoms. The highest BCUT2D eigenvalue weighted by Crippen LogP contribution is 2.30. The highest BCUT2D eigenvalue weighted by molar-refractivity contribution is 7.10. The van der Waals surface area contributed by atoms with Crippen LogP contribution in [-0.2, 0) is 0 Å². The highest BCUT2D eigenvalue weighted by Gasteiger charge is 2.17. The van der Waals surface area contributed by atoms with Crippen LogP contribution in [0.1, 0.15) is 23.4 Å². The van der Waals surface area contributed by atoms with E-state index in [0.717, 1.165) is 5.52 Å². The smallest absolute Gasteiger partial charge is 0.201 e. The minimum atomic E-state index is -0.249.